The minimum absolute atomic E-state index is 0.00513. The van der Waals surface area contributed by atoms with Gasteiger partial charge in [-0.15, -0.1) is 0 Å². The van der Waals surface area contributed by atoms with E-state index in [0.717, 1.165) is 11.3 Å². The smallest absolute Gasteiger partial charge is 0.187 e. The van der Waals surface area contributed by atoms with Gasteiger partial charge in [0.05, 0.1) is 6.61 Å². The molecule has 0 aliphatic rings. The first-order valence-electron chi connectivity index (χ1n) is 10.6. The molecule has 1 atom stereocenters. The van der Waals surface area contributed by atoms with E-state index in [9.17, 15) is 4.79 Å². The summed E-state index contributed by atoms with van der Waals surface area (Å²) in [7, 11) is 0. The van der Waals surface area contributed by atoms with Crippen molar-refractivity contribution < 1.29 is 14.3 Å². The number of ketones is 1. The molecule has 6 nitrogen and oxygen atoms in total. The van der Waals surface area contributed by atoms with Crippen LogP contribution in [-0.2, 0) is 4.74 Å². The fourth-order valence-electron chi connectivity index (χ4n) is 3.45. The van der Waals surface area contributed by atoms with Crippen molar-refractivity contribution >= 4 is 5.78 Å². The Hall–Kier alpha value is -3.77. The molecule has 6 heteroatoms. The molecule has 0 spiro atoms. The molecule has 0 aliphatic carbocycles. The SMILES string of the molecule is O=C(c1ccccc1)C(CCOCCOc1ccc(-c2ccccc2)cc1)n1cncn1. The molecular formula is C26H25N3O3. The minimum atomic E-state index is -0.452. The number of carbonyl (C=O) groups is 1. The van der Waals surface area contributed by atoms with Gasteiger partial charge in [-0.1, -0.05) is 72.8 Å². The Balaban J connectivity index is 1.23. The number of Topliss-reactive ketones (excluding diaryl/α,β-unsaturated/α-hetero) is 1. The molecule has 4 aromatic rings. The normalized spacial score (nSPS) is 11.8. The summed E-state index contributed by atoms with van der Waals surface area (Å²) in [6, 6.07) is 27.0. The van der Waals surface area contributed by atoms with Crippen LogP contribution in [0.1, 0.15) is 22.8 Å². The maximum Gasteiger partial charge on any atom is 0.187 e. The lowest BCUT2D eigenvalue weighted by molar-refractivity contribution is 0.0762. The third kappa shape index (κ3) is 5.68. The van der Waals surface area contributed by atoms with Crippen LogP contribution in [0.15, 0.2) is 97.6 Å². The van der Waals surface area contributed by atoms with E-state index < -0.39 is 6.04 Å². The van der Waals surface area contributed by atoms with Crippen molar-refractivity contribution in [2.24, 2.45) is 0 Å². The van der Waals surface area contributed by atoms with Gasteiger partial charge >= 0.3 is 0 Å². The van der Waals surface area contributed by atoms with Gasteiger partial charge in [-0.05, 0) is 23.3 Å². The molecule has 0 bridgehead atoms. The van der Waals surface area contributed by atoms with Crippen molar-refractivity contribution in [3.63, 3.8) is 0 Å². The molecule has 0 aliphatic heterocycles. The Morgan fingerprint density at radius 2 is 1.50 bits per heavy atom. The van der Waals surface area contributed by atoms with Gasteiger partial charge in [0.25, 0.3) is 0 Å². The number of nitrogens with zero attached hydrogens (tertiary/aromatic N) is 3. The van der Waals surface area contributed by atoms with E-state index in [-0.39, 0.29) is 5.78 Å². The van der Waals surface area contributed by atoms with Gasteiger partial charge in [0.15, 0.2) is 5.78 Å². The topological polar surface area (TPSA) is 66.2 Å². The second kappa shape index (κ2) is 11.0. The number of carbonyl (C=O) groups excluding carboxylic acids is 1. The number of benzene rings is 3. The van der Waals surface area contributed by atoms with Gasteiger partial charge in [0, 0.05) is 18.6 Å². The summed E-state index contributed by atoms with van der Waals surface area (Å²) in [5, 5.41) is 4.15. The van der Waals surface area contributed by atoms with Crippen molar-refractivity contribution in [3.8, 4) is 16.9 Å². The van der Waals surface area contributed by atoms with Crippen LogP contribution in [-0.4, -0.2) is 40.4 Å². The molecule has 3 aromatic carbocycles. The molecule has 162 valence electrons. The van der Waals surface area contributed by atoms with E-state index in [1.165, 1.54) is 11.9 Å². The summed E-state index contributed by atoms with van der Waals surface area (Å²) in [5.41, 5.74) is 2.97. The highest BCUT2D eigenvalue weighted by atomic mass is 16.5. The summed E-state index contributed by atoms with van der Waals surface area (Å²) in [5.74, 6) is 0.794. The third-order valence-corrected chi connectivity index (χ3v) is 5.11. The maximum atomic E-state index is 12.9. The van der Waals surface area contributed by atoms with Crippen LogP contribution in [0.25, 0.3) is 11.1 Å². The molecule has 1 aromatic heterocycles. The standard InChI is InChI=1S/C26H25N3O3/c30-26(23-9-5-2-6-10-23)25(29-20-27-19-28-29)15-16-31-17-18-32-24-13-11-22(12-14-24)21-7-3-1-4-8-21/h1-14,19-20,25H,15-18H2. The van der Waals surface area contributed by atoms with Gasteiger partial charge in [-0.25, -0.2) is 9.67 Å². The summed E-state index contributed by atoms with van der Waals surface area (Å²) in [4.78, 5) is 16.9. The van der Waals surface area contributed by atoms with E-state index in [1.54, 1.807) is 11.0 Å². The van der Waals surface area contributed by atoms with Gasteiger partial charge in [0.1, 0.15) is 31.1 Å². The minimum Gasteiger partial charge on any atom is -0.491 e. The van der Waals surface area contributed by atoms with Gasteiger partial charge in [-0.3, -0.25) is 4.79 Å². The number of rotatable bonds is 11. The zero-order valence-electron chi connectivity index (χ0n) is 17.7. The lowest BCUT2D eigenvalue weighted by atomic mass is 10.0. The highest BCUT2D eigenvalue weighted by Crippen LogP contribution is 2.22. The first-order valence-corrected chi connectivity index (χ1v) is 10.6. The van der Waals surface area contributed by atoms with E-state index in [0.29, 0.717) is 31.8 Å². The molecule has 32 heavy (non-hydrogen) atoms. The van der Waals surface area contributed by atoms with Gasteiger partial charge < -0.3 is 9.47 Å². The summed E-state index contributed by atoms with van der Waals surface area (Å²) < 4.78 is 13.1. The van der Waals surface area contributed by atoms with Crippen LogP contribution in [0.4, 0.5) is 0 Å². The Bertz CT molecular complexity index is 1080. The van der Waals surface area contributed by atoms with E-state index >= 15 is 0 Å². The highest BCUT2D eigenvalue weighted by Gasteiger charge is 2.22. The molecule has 1 heterocycles. The molecular weight excluding hydrogens is 402 g/mol. The monoisotopic (exact) mass is 427 g/mol. The summed E-state index contributed by atoms with van der Waals surface area (Å²) in [6.07, 6.45) is 3.50. The molecule has 0 N–H and O–H groups in total. The zero-order chi connectivity index (χ0) is 22.0. The predicted molar refractivity (Wildman–Crippen MR) is 123 cm³/mol. The molecule has 0 fully saturated rings. The molecule has 0 saturated carbocycles. The van der Waals surface area contributed by atoms with Crippen molar-refractivity contribution in [1.29, 1.82) is 0 Å². The Labute approximate surface area is 187 Å². The van der Waals surface area contributed by atoms with E-state index in [2.05, 4.69) is 22.2 Å². The molecule has 4 rings (SSSR count). The molecule has 0 amide bonds. The lowest BCUT2D eigenvalue weighted by Gasteiger charge is -2.16. The second-order valence-electron chi connectivity index (χ2n) is 7.26. The van der Waals surface area contributed by atoms with Crippen molar-refractivity contribution in [2.45, 2.75) is 12.5 Å². The fraction of sp³-hybridized carbons (Fsp3) is 0.192. The fourth-order valence-corrected chi connectivity index (χ4v) is 3.45. The van der Waals surface area contributed by atoms with Crippen molar-refractivity contribution in [2.75, 3.05) is 19.8 Å². The van der Waals surface area contributed by atoms with E-state index in [4.69, 9.17) is 9.47 Å². The second-order valence-corrected chi connectivity index (χ2v) is 7.26. The molecule has 1 unspecified atom stereocenters. The number of aromatic nitrogens is 3. The number of hydrogen-bond donors (Lipinski definition) is 0. The summed E-state index contributed by atoms with van der Waals surface area (Å²) >= 11 is 0. The first-order chi connectivity index (χ1) is 15.8. The lowest BCUT2D eigenvalue weighted by Crippen LogP contribution is -2.22. The van der Waals surface area contributed by atoms with Crippen LogP contribution in [0.2, 0.25) is 0 Å². The van der Waals surface area contributed by atoms with Crippen molar-refractivity contribution in [1.82, 2.24) is 14.8 Å². The van der Waals surface area contributed by atoms with Gasteiger partial charge in [-0.2, -0.15) is 5.10 Å². The van der Waals surface area contributed by atoms with Crippen molar-refractivity contribution in [3.05, 3.63) is 103 Å². The quantitative estimate of drug-likeness (QED) is 0.253. The Kier molecular flexibility index (Phi) is 7.39. The van der Waals surface area contributed by atoms with Crippen LogP contribution < -0.4 is 4.74 Å². The largest absolute Gasteiger partial charge is 0.491 e. The average molecular weight is 428 g/mol. The zero-order valence-corrected chi connectivity index (χ0v) is 17.7. The Morgan fingerprint density at radius 3 is 2.19 bits per heavy atom. The van der Waals surface area contributed by atoms with Gasteiger partial charge in [0.2, 0.25) is 0 Å². The third-order valence-electron chi connectivity index (χ3n) is 5.11. The van der Waals surface area contributed by atoms with Crippen LogP contribution in [0, 0.1) is 0 Å². The Morgan fingerprint density at radius 1 is 0.812 bits per heavy atom. The summed E-state index contributed by atoms with van der Waals surface area (Å²) in [6.45, 7) is 1.29. The average Bonchev–Trinajstić information content (AvgIpc) is 3.39. The highest BCUT2D eigenvalue weighted by molar-refractivity contribution is 5.98. The van der Waals surface area contributed by atoms with Crippen LogP contribution in [0.5, 0.6) is 5.75 Å². The van der Waals surface area contributed by atoms with Crippen LogP contribution in [0.3, 0.4) is 0 Å². The molecule has 0 radical (unpaired) electrons. The maximum absolute atomic E-state index is 12.9. The first kappa shape index (κ1) is 21.5. The van der Waals surface area contributed by atoms with Crippen LogP contribution >= 0.6 is 0 Å². The number of ether oxygens (including phenoxy) is 2. The number of hydrogen-bond acceptors (Lipinski definition) is 5. The molecule has 0 saturated heterocycles. The van der Waals surface area contributed by atoms with E-state index in [1.807, 2.05) is 72.8 Å². The predicted octanol–water partition coefficient (Wildman–Crippen LogP) is 4.85.